The largest absolute Gasteiger partial charge is 0.477 e. The number of fused-ring (bicyclic) bond motifs is 2. The van der Waals surface area contributed by atoms with E-state index in [0.29, 0.717) is 27.9 Å². The lowest BCUT2D eigenvalue weighted by atomic mass is 10.0. The predicted octanol–water partition coefficient (Wildman–Crippen LogP) is -0.710. The van der Waals surface area contributed by atoms with Crippen molar-refractivity contribution in [3.8, 4) is 0 Å². The number of carboxylic acid groups (broad SMARTS) is 1. The molecule has 1 saturated heterocycles. The van der Waals surface area contributed by atoms with Gasteiger partial charge in [-0.05, 0) is 11.6 Å². The van der Waals surface area contributed by atoms with Crippen LogP contribution in [0.2, 0.25) is 0 Å². The van der Waals surface area contributed by atoms with Crippen LogP contribution in [0.3, 0.4) is 0 Å². The molecule has 1 unspecified atom stereocenters. The topological polar surface area (TPSA) is 147 Å². The summed E-state index contributed by atoms with van der Waals surface area (Å²) in [6, 6.07) is 1.10. The van der Waals surface area contributed by atoms with Crippen LogP contribution in [-0.2, 0) is 16.2 Å². The number of nitrogens with zero attached hydrogens (tertiary/aromatic N) is 5. The highest BCUT2D eigenvalue weighted by Crippen LogP contribution is 2.40. The van der Waals surface area contributed by atoms with E-state index in [9.17, 15) is 14.7 Å². The highest BCUT2D eigenvalue weighted by molar-refractivity contribution is 8.01. The van der Waals surface area contributed by atoms with Gasteiger partial charge in [0.05, 0.1) is 0 Å². The third-order valence-electron chi connectivity index (χ3n) is 4.05. The quantitative estimate of drug-likeness (QED) is 0.337. The molecule has 0 saturated carbocycles. The van der Waals surface area contributed by atoms with Gasteiger partial charge in [0.1, 0.15) is 28.7 Å². The van der Waals surface area contributed by atoms with Gasteiger partial charge in [-0.3, -0.25) is 9.69 Å². The maximum absolute atomic E-state index is 11.9. The predicted molar refractivity (Wildman–Crippen MR) is 93.2 cm³/mol. The summed E-state index contributed by atoms with van der Waals surface area (Å²) in [5.74, 6) is 0.0240. The minimum absolute atomic E-state index is 0.0269. The summed E-state index contributed by atoms with van der Waals surface area (Å²) in [4.78, 5) is 33.3. The highest BCUT2D eigenvalue weighted by Gasteiger charge is 2.51. The minimum atomic E-state index is -1.13. The Morgan fingerprint density at radius 3 is 3.00 bits per heavy atom. The zero-order valence-corrected chi connectivity index (χ0v) is 14.9. The molecule has 26 heavy (non-hydrogen) atoms. The van der Waals surface area contributed by atoms with Crippen molar-refractivity contribution >= 4 is 41.2 Å². The molecule has 4 rings (SSSR count). The SMILES string of the molecule is NC1C(=O)N2C(C(=O)O)=C(CSc3ccn4nc(CO)nc4n3)CS[C@@H]12. The standard InChI is InChI=1S/C14H14N6O4S2/c15-9-11(22)20-10(13(23)24)6(5-26-12(9)20)4-25-8-1-2-19-14(17-8)16-7(3-21)18-19/h1-2,9,12,21H,3-5,15H2,(H,23,24)/t9?,12-/m0/s1. The van der Waals surface area contributed by atoms with E-state index in [-0.39, 0.29) is 29.4 Å². The lowest BCUT2D eigenvalue weighted by Crippen LogP contribution is -2.68. The lowest BCUT2D eigenvalue weighted by molar-refractivity contribution is -0.147. The number of carboxylic acids is 1. The van der Waals surface area contributed by atoms with Gasteiger partial charge in [-0.25, -0.2) is 14.3 Å². The average Bonchev–Trinajstić information content (AvgIpc) is 3.07. The molecule has 0 aromatic carbocycles. The van der Waals surface area contributed by atoms with E-state index in [4.69, 9.17) is 10.8 Å². The van der Waals surface area contributed by atoms with Crippen LogP contribution in [0, 0.1) is 0 Å². The number of hydrogen-bond acceptors (Lipinski definition) is 9. The van der Waals surface area contributed by atoms with Crippen molar-refractivity contribution in [2.45, 2.75) is 23.0 Å². The van der Waals surface area contributed by atoms with Gasteiger partial charge < -0.3 is 15.9 Å². The van der Waals surface area contributed by atoms with Gasteiger partial charge in [0, 0.05) is 17.7 Å². The molecule has 0 aliphatic carbocycles. The van der Waals surface area contributed by atoms with E-state index in [1.54, 1.807) is 12.3 Å². The maximum Gasteiger partial charge on any atom is 0.352 e. The molecule has 4 N–H and O–H groups in total. The number of aliphatic hydroxyl groups excluding tert-OH is 1. The Hall–Kier alpha value is -2.15. The first-order valence-electron chi connectivity index (χ1n) is 7.61. The molecule has 2 aliphatic rings. The van der Waals surface area contributed by atoms with E-state index in [1.165, 1.54) is 32.9 Å². The molecule has 2 atom stereocenters. The Bertz CT molecular complexity index is 945. The Morgan fingerprint density at radius 2 is 2.27 bits per heavy atom. The average molecular weight is 394 g/mol. The van der Waals surface area contributed by atoms with Crippen LogP contribution in [-0.4, -0.2) is 69.5 Å². The smallest absolute Gasteiger partial charge is 0.352 e. The first kappa shape index (κ1) is 17.3. The van der Waals surface area contributed by atoms with Gasteiger partial charge >= 0.3 is 5.97 Å². The summed E-state index contributed by atoms with van der Waals surface area (Å²) in [7, 11) is 0. The molecular formula is C14H14N6O4S2. The Kier molecular flexibility index (Phi) is 4.34. The van der Waals surface area contributed by atoms with Crippen LogP contribution in [0.25, 0.3) is 5.78 Å². The van der Waals surface area contributed by atoms with Crippen molar-refractivity contribution in [2.24, 2.45) is 5.73 Å². The molecular weight excluding hydrogens is 380 g/mol. The number of amides is 1. The third kappa shape index (κ3) is 2.74. The number of aliphatic carboxylic acids is 1. The van der Waals surface area contributed by atoms with Crippen LogP contribution in [0.5, 0.6) is 0 Å². The fourth-order valence-corrected chi connectivity index (χ4v) is 5.09. The van der Waals surface area contributed by atoms with Crippen LogP contribution >= 0.6 is 23.5 Å². The number of rotatable bonds is 5. The highest BCUT2D eigenvalue weighted by atomic mass is 32.2. The normalized spacial score (nSPS) is 22.5. The van der Waals surface area contributed by atoms with Gasteiger partial charge in [0.15, 0.2) is 5.82 Å². The zero-order valence-electron chi connectivity index (χ0n) is 13.3. The van der Waals surface area contributed by atoms with Crippen molar-refractivity contribution in [3.63, 3.8) is 0 Å². The number of hydrogen-bond donors (Lipinski definition) is 3. The van der Waals surface area contributed by atoms with Crippen molar-refractivity contribution in [1.82, 2.24) is 24.5 Å². The van der Waals surface area contributed by atoms with Crippen LogP contribution in [0.4, 0.5) is 0 Å². The van der Waals surface area contributed by atoms with E-state index >= 15 is 0 Å². The Balaban J connectivity index is 1.56. The van der Waals surface area contributed by atoms with Gasteiger partial charge in [-0.15, -0.1) is 28.6 Å². The zero-order chi connectivity index (χ0) is 18.4. The van der Waals surface area contributed by atoms with Crippen LogP contribution in [0.1, 0.15) is 5.82 Å². The summed E-state index contributed by atoms with van der Waals surface area (Å²) < 4.78 is 1.46. The molecule has 1 fully saturated rings. The number of thioether (sulfide) groups is 2. The number of carbonyl (C=O) groups excluding carboxylic acids is 1. The molecule has 0 bridgehead atoms. The van der Waals surface area contributed by atoms with Crippen molar-refractivity contribution in [2.75, 3.05) is 11.5 Å². The van der Waals surface area contributed by atoms with E-state index in [0.717, 1.165) is 0 Å². The molecule has 0 spiro atoms. The molecule has 4 heterocycles. The Morgan fingerprint density at radius 1 is 1.46 bits per heavy atom. The van der Waals surface area contributed by atoms with Crippen molar-refractivity contribution in [3.05, 3.63) is 29.4 Å². The molecule has 12 heteroatoms. The van der Waals surface area contributed by atoms with E-state index in [1.807, 2.05) is 0 Å². The van der Waals surface area contributed by atoms with Crippen LogP contribution < -0.4 is 5.73 Å². The number of aromatic nitrogens is 4. The van der Waals surface area contributed by atoms with E-state index in [2.05, 4.69) is 15.1 Å². The number of carbonyl (C=O) groups is 2. The second kappa shape index (κ2) is 6.54. The van der Waals surface area contributed by atoms with Crippen LogP contribution in [0.15, 0.2) is 28.6 Å². The Labute approximate surface area is 155 Å². The molecule has 2 aromatic heterocycles. The summed E-state index contributed by atoms with van der Waals surface area (Å²) in [6.45, 7) is -0.273. The number of aliphatic hydroxyl groups is 1. The second-order valence-electron chi connectivity index (χ2n) is 5.68. The first-order valence-corrected chi connectivity index (χ1v) is 9.64. The first-order chi connectivity index (χ1) is 12.5. The summed E-state index contributed by atoms with van der Waals surface area (Å²) in [6.07, 6.45) is 1.67. The molecule has 1 amide bonds. The molecule has 136 valence electrons. The van der Waals surface area contributed by atoms with Gasteiger partial charge in [0.2, 0.25) is 5.91 Å². The lowest BCUT2D eigenvalue weighted by Gasteiger charge is -2.48. The fourth-order valence-electron chi connectivity index (χ4n) is 2.80. The fraction of sp³-hybridized carbons (Fsp3) is 0.357. The van der Waals surface area contributed by atoms with E-state index < -0.39 is 12.0 Å². The maximum atomic E-state index is 11.9. The third-order valence-corrected chi connectivity index (χ3v) is 6.43. The van der Waals surface area contributed by atoms with Gasteiger partial charge in [-0.1, -0.05) is 0 Å². The van der Waals surface area contributed by atoms with Gasteiger partial charge in [0.25, 0.3) is 5.78 Å². The molecule has 2 aromatic rings. The van der Waals surface area contributed by atoms with Gasteiger partial charge in [-0.2, -0.15) is 4.98 Å². The molecule has 10 nitrogen and oxygen atoms in total. The van der Waals surface area contributed by atoms with Crippen molar-refractivity contribution in [1.29, 1.82) is 0 Å². The molecule has 2 aliphatic heterocycles. The summed E-state index contributed by atoms with van der Waals surface area (Å²) in [5.41, 5.74) is 6.42. The summed E-state index contributed by atoms with van der Waals surface area (Å²) >= 11 is 2.82. The van der Waals surface area contributed by atoms with Crippen molar-refractivity contribution < 1.29 is 19.8 Å². The minimum Gasteiger partial charge on any atom is -0.477 e. The monoisotopic (exact) mass is 394 g/mol. The number of β-lactam (4-membered cyclic amide) rings is 1. The molecule has 0 radical (unpaired) electrons. The second-order valence-corrected chi connectivity index (χ2v) is 7.78. The number of nitrogens with two attached hydrogens (primary N) is 1. The summed E-state index contributed by atoms with van der Waals surface area (Å²) in [5, 5.41) is 23.0.